The van der Waals surface area contributed by atoms with E-state index in [0.29, 0.717) is 12.5 Å². The van der Waals surface area contributed by atoms with Crippen molar-refractivity contribution in [3.05, 3.63) is 11.6 Å². The maximum atomic E-state index is 12.2. The number of carbonyl (C=O) groups is 1. The van der Waals surface area contributed by atoms with Gasteiger partial charge in [-0.1, -0.05) is 6.92 Å². The van der Waals surface area contributed by atoms with Crippen LogP contribution in [0, 0.1) is 5.92 Å². The molecule has 6 heteroatoms. The summed E-state index contributed by atoms with van der Waals surface area (Å²) in [6.07, 6.45) is 2.89. The quantitative estimate of drug-likeness (QED) is 0.863. The molecule has 1 unspecified atom stereocenters. The first-order chi connectivity index (χ1) is 8.74. The van der Waals surface area contributed by atoms with Crippen molar-refractivity contribution in [3.8, 4) is 0 Å². The van der Waals surface area contributed by atoms with Crippen LogP contribution in [0.3, 0.4) is 0 Å². The summed E-state index contributed by atoms with van der Waals surface area (Å²) < 4.78 is 5.16. The summed E-state index contributed by atoms with van der Waals surface area (Å²) in [6.45, 7) is 4.21. The van der Waals surface area contributed by atoms with E-state index in [-0.39, 0.29) is 11.7 Å². The van der Waals surface area contributed by atoms with Gasteiger partial charge in [0.2, 0.25) is 5.82 Å². The van der Waals surface area contributed by atoms with Gasteiger partial charge in [-0.05, 0) is 18.8 Å². The van der Waals surface area contributed by atoms with Gasteiger partial charge in [0.1, 0.15) is 5.82 Å². The second-order valence-electron chi connectivity index (χ2n) is 4.67. The number of nitrogens with one attached hydrogen (secondary N) is 1. The van der Waals surface area contributed by atoms with Crippen LogP contribution in [0.4, 0.5) is 0 Å². The van der Waals surface area contributed by atoms with Crippen LogP contribution < -0.4 is 0 Å². The van der Waals surface area contributed by atoms with E-state index in [1.54, 1.807) is 7.11 Å². The molecule has 2 rings (SSSR count). The normalized spacial score (nSPS) is 20.1. The lowest BCUT2D eigenvalue weighted by atomic mass is 9.99. The van der Waals surface area contributed by atoms with Crippen molar-refractivity contribution in [2.75, 3.05) is 26.8 Å². The highest BCUT2D eigenvalue weighted by molar-refractivity contribution is 5.90. The molecule has 0 aliphatic carbocycles. The fourth-order valence-corrected chi connectivity index (χ4v) is 2.31. The van der Waals surface area contributed by atoms with Gasteiger partial charge in [-0.3, -0.25) is 9.89 Å². The molecule has 1 saturated heterocycles. The molecule has 18 heavy (non-hydrogen) atoms. The smallest absolute Gasteiger partial charge is 0.293 e. The standard InChI is InChI=1S/C12H20N4O2/c1-3-10-13-11(15-14-10)12(17)16-6-4-5-9(7-16)8-18-2/h9H,3-8H2,1-2H3,(H,13,14,15). The molecule has 0 radical (unpaired) electrons. The molecular weight excluding hydrogens is 232 g/mol. The number of hydrogen-bond donors (Lipinski definition) is 1. The lowest BCUT2D eigenvalue weighted by Crippen LogP contribution is -2.41. The number of aryl methyl sites for hydroxylation is 1. The minimum atomic E-state index is -0.0771. The van der Waals surface area contributed by atoms with E-state index in [9.17, 15) is 4.79 Å². The van der Waals surface area contributed by atoms with E-state index in [0.717, 1.165) is 38.2 Å². The van der Waals surface area contributed by atoms with Crippen LogP contribution in [0.25, 0.3) is 0 Å². The molecule has 1 aromatic rings. The van der Waals surface area contributed by atoms with E-state index >= 15 is 0 Å². The molecule has 6 nitrogen and oxygen atoms in total. The Kier molecular flexibility index (Phi) is 4.30. The Labute approximate surface area is 107 Å². The lowest BCUT2D eigenvalue weighted by molar-refractivity contribution is 0.0560. The predicted molar refractivity (Wildman–Crippen MR) is 66.3 cm³/mol. The van der Waals surface area contributed by atoms with Gasteiger partial charge in [0.15, 0.2) is 0 Å². The van der Waals surface area contributed by atoms with Crippen LogP contribution in [0.5, 0.6) is 0 Å². The van der Waals surface area contributed by atoms with Gasteiger partial charge < -0.3 is 9.64 Å². The van der Waals surface area contributed by atoms with Crippen molar-refractivity contribution in [1.29, 1.82) is 0 Å². The predicted octanol–water partition coefficient (Wildman–Crippen LogP) is 0.866. The SMILES string of the molecule is CCc1nc(C(=O)N2CCCC(COC)C2)n[nH]1. The number of aromatic nitrogens is 3. The second-order valence-corrected chi connectivity index (χ2v) is 4.67. The lowest BCUT2D eigenvalue weighted by Gasteiger charge is -2.31. The van der Waals surface area contributed by atoms with E-state index in [4.69, 9.17) is 4.74 Å². The molecule has 1 aromatic heterocycles. The number of methoxy groups -OCH3 is 1. The Morgan fingerprint density at radius 2 is 2.44 bits per heavy atom. The number of likely N-dealkylation sites (tertiary alicyclic amines) is 1. The number of H-pyrrole nitrogens is 1. The average Bonchev–Trinajstić information content (AvgIpc) is 2.87. The van der Waals surface area contributed by atoms with Crippen molar-refractivity contribution in [3.63, 3.8) is 0 Å². The van der Waals surface area contributed by atoms with Crippen molar-refractivity contribution < 1.29 is 9.53 Å². The molecule has 0 aromatic carbocycles. The summed E-state index contributed by atoms with van der Waals surface area (Å²) in [5.41, 5.74) is 0. The Morgan fingerprint density at radius 1 is 1.61 bits per heavy atom. The first-order valence-corrected chi connectivity index (χ1v) is 6.44. The highest BCUT2D eigenvalue weighted by atomic mass is 16.5. The number of aromatic amines is 1. The zero-order chi connectivity index (χ0) is 13.0. The largest absolute Gasteiger partial charge is 0.384 e. The van der Waals surface area contributed by atoms with Gasteiger partial charge in [0, 0.05) is 26.6 Å². The summed E-state index contributed by atoms with van der Waals surface area (Å²) in [6, 6.07) is 0. The van der Waals surface area contributed by atoms with Crippen molar-refractivity contribution >= 4 is 5.91 Å². The van der Waals surface area contributed by atoms with Gasteiger partial charge in [0.25, 0.3) is 5.91 Å². The Hall–Kier alpha value is -1.43. The van der Waals surface area contributed by atoms with Crippen molar-refractivity contribution in [2.24, 2.45) is 5.92 Å². The molecule has 0 bridgehead atoms. The third-order valence-corrected chi connectivity index (χ3v) is 3.27. The van der Waals surface area contributed by atoms with E-state index in [2.05, 4.69) is 15.2 Å². The maximum absolute atomic E-state index is 12.2. The van der Waals surface area contributed by atoms with Crippen LogP contribution in [0.15, 0.2) is 0 Å². The highest BCUT2D eigenvalue weighted by Crippen LogP contribution is 2.17. The van der Waals surface area contributed by atoms with E-state index in [1.807, 2.05) is 11.8 Å². The van der Waals surface area contributed by atoms with Crippen molar-refractivity contribution in [1.82, 2.24) is 20.1 Å². The molecule has 1 aliphatic rings. The van der Waals surface area contributed by atoms with Gasteiger partial charge >= 0.3 is 0 Å². The monoisotopic (exact) mass is 252 g/mol. The van der Waals surface area contributed by atoms with E-state index < -0.39 is 0 Å². The van der Waals surface area contributed by atoms with Gasteiger partial charge in [-0.2, -0.15) is 0 Å². The minimum absolute atomic E-state index is 0.0771. The first-order valence-electron chi connectivity index (χ1n) is 6.44. The molecule has 0 spiro atoms. The second kappa shape index (κ2) is 5.95. The molecule has 1 atom stereocenters. The molecule has 1 N–H and O–H groups in total. The van der Waals surface area contributed by atoms with Crippen LogP contribution >= 0.6 is 0 Å². The Morgan fingerprint density at radius 3 is 3.11 bits per heavy atom. The summed E-state index contributed by atoms with van der Waals surface area (Å²) in [5.74, 6) is 1.39. The fourth-order valence-electron chi connectivity index (χ4n) is 2.31. The first kappa shape index (κ1) is 13.0. The summed E-state index contributed by atoms with van der Waals surface area (Å²) >= 11 is 0. The zero-order valence-corrected chi connectivity index (χ0v) is 11.0. The van der Waals surface area contributed by atoms with Crippen LogP contribution in [0.2, 0.25) is 0 Å². The molecule has 100 valence electrons. The molecule has 1 fully saturated rings. The van der Waals surface area contributed by atoms with Gasteiger partial charge in [-0.15, -0.1) is 5.10 Å². The number of ether oxygens (including phenoxy) is 1. The fraction of sp³-hybridized carbons (Fsp3) is 0.750. The third kappa shape index (κ3) is 2.87. The Balaban J connectivity index is 1.99. The van der Waals surface area contributed by atoms with Crippen LogP contribution in [0.1, 0.15) is 36.2 Å². The van der Waals surface area contributed by atoms with Gasteiger partial charge in [-0.25, -0.2) is 4.98 Å². The summed E-state index contributed by atoms with van der Waals surface area (Å²) in [5, 5.41) is 6.75. The molecule has 1 amide bonds. The molecule has 2 heterocycles. The number of rotatable bonds is 4. The Bertz CT molecular complexity index is 403. The molecule has 0 saturated carbocycles. The number of hydrogen-bond acceptors (Lipinski definition) is 4. The summed E-state index contributed by atoms with van der Waals surface area (Å²) in [7, 11) is 1.70. The number of amides is 1. The third-order valence-electron chi connectivity index (χ3n) is 3.27. The van der Waals surface area contributed by atoms with Crippen LogP contribution in [-0.2, 0) is 11.2 Å². The number of nitrogens with zero attached hydrogens (tertiary/aromatic N) is 3. The average molecular weight is 252 g/mol. The summed E-state index contributed by atoms with van der Waals surface area (Å²) in [4.78, 5) is 18.2. The minimum Gasteiger partial charge on any atom is -0.384 e. The number of piperidine rings is 1. The topological polar surface area (TPSA) is 71.1 Å². The highest BCUT2D eigenvalue weighted by Gasteiger charge is 2.26. The van der Waals surface area contributed by atoms with Crippen molar-refractivity contribution in [2.45, 2.75) is 26.2 Å². The zero-order valence-electron chi connectivity index (χ0n) is 11.0. The number of carbonyl (C=O) groups excluding carboxylic acids is 1. The van der Waals surface area contributed by atoms with Crippen LogP contribution in [-0.4, -0.2) is 52.8 Å². The van der Waals surface area contributed by atoms with E-state index in [1.165, 1.54) is 0 Å². The van der Waals surface area contributed by atoms with Gasteiger partial charge in [0.05, 0.1) is 6.61 Å². The maximum Gasteiger partial charge on any atom is 0.293 e. The molecular formula is C12H20N4O2. The molecule has 1 aliphatic heterocycles.